The Balaban J connectivity index is 1.65. The van der Waals surface area contributed by atoms with Crippen LogP contribution in [0.3, 0.4) is 0 Å². The fourth-order valence-electron chi connectivity index (χ4n) is 1.25. The SMILES string of the molecule is c1c[nH]c(CCNCc2cnc[nH]2)n1. The van der Waals surface area contributed by atoms with Crippen molar-refractivity contribution in [2.75, 3.05) is 6.54 Å². The van der Waals surface area contributed by atoms with Crippen LogP contribution in [0.1, 0.15) is 11.5 Å². The molecule has 0 aromatic carbocycles. The van der Waals surface area contributed by atoms with Crippen molar-refractivity contribution in [3.63, 3.8) is 0 Å². The molecule has 74 valence electrons. The fourth-order valence-corrected chi connectivity index (χ4v) is 1.25. The van der Waals surface area contributed by atoms with Gasteiger partial charge in [-0.05, 0) is 0 Å². The van der Waals surface area contributed by atoms with Crippen LogP contribution in [0.15, 0.2) is 24.9 Å². The van der Waals surface area contributed by atoms with E-state index in [4.69, 9.17) is 0 Å². The van der Waals surface area contributed by atoms with E-state index in [-0.39, 0.29) is 0 Å². The van der Waals surface area contributed by atoms with Gasteiger partial charge in [0.1, 0.15) is 5.82 Å². The molecular formula is C9H13N5. The average molecular weight is 191 g/mol. The normalized spacial score (nSPS) is 10.6. The van der Waals surface area contributed by atoms with Crippen molar-refractivity contribution in [3.8, 4) is 0 Å². The molecule has 0 fully saturated rings. The number of aromatic nitrogens is 4. The summed E-state index contributed by atoms with van der Waals surface area (Å²) in [5, 5.41) is 3.29. The topological polar surface area (TPSA) is 69.4 Å². The Morgan fingerprint density at radius 2 is 2.36 bits per heavy atom. The van der Waals surface area contributed by atoms with Crippen LogP contribution in [0.2, 0.25) is 0 Å². The highest BCUT2D eigenvalue weighted by Gasteiger charge is 1.95. The standard InChI is InChI=1S/C9H13N5/c1(9-12-3-4-13-9)2-10-5-8-6-11-7-14-8/h3-4,6-7,10H,1-2,5H2,(H,11,14)(H,12,13). The van der Waals surface area contributed by atoms with Gasteiger partial charge in [0.15, 0.2) is 0 Å². The van der Waals surface area contributed by atoms with Crippen LogP contribution in [0.4, 0.5) is 0 Å². The molecule has 0 radical (unpaired) electrons. The number of imidazole rings is 2. The summed E-state index contributed by atoms with van der Waals surface area (Å²) < 4.78 is 0. The molecule has 0 saturated heterocycles. The molecule has 0 amide bonds. The molecule has 3 N–H and O–H groups in total. The number of nitrogens with one attached hydrogen (secondary N) is 3. The molecular weight excluding hydrogens is 178 g/mol. The first-order valence-corrected chi connectivity index (χ1v) is 4.61. The zero-order chi connectivity index (χ0) is 9.64. The van der Waals surface area contributed by atoms with E-state index in [2.05, 4.69) is 25.3 Å². The maximum Gasteiger partial charge on any atom is 0.107 e. The molecule has 0 aliphatic rings. The summed E-state index contributed by atoms with van der Waals surface area (Å²) in [5.41, 5.74) is 1.10. The number of hydrogen-bond acceptors (Lipinski definition) is 3. The molecule has 0 spiro atoms. The summed E-state index contributed by atoms with van der Waals surface area (Å²) in [6.07, 6.45) is 8.03. The van der Waals surface area contributed by atoms with Crippen molar-refractivity contribution in [1.29, 1.82) is 0 Å². The van der Waals surface area contributed by atoms with E-state index in [1.165, 1.54) is 0 Å². The van der Waals surface area contributed by atoms with Crippen molar-refractivity contribution in [2.24, 2.45) is 0 Å². The molecule has 0 atom stereocenters. The van der Waals surface area contributed by atoms with Crippen molar-refractivity contribution < 1.29 is 0 Å². The minimum atomic E-state index is 0.820. The van der Waals surface area contributed by atoms with Gasteiger partial charge in [0, 0.05) is 43.8 Å². The predicted molar refractivity (Wildman–Crippen MR) is 52.6 cm³/mol. The Morgan fingerprint density at radius 3 is 3.07 bits per heavy atom. The first-order chi connectivity index (χ1) is 6.95. The quantitative estimate of drug-likeness (QED) is 0.601. The summed E-state index contributed by atoms with van der Waals surface area (Å²) in [4.78, 5) is 14.2. The first kappa shape index (κ1) is 8.96. The fraction of sp³-hybridized carbons (Fsp3) is 0.333. The second-order valence-electron chi connectivity index (χ2n) is 3.04. The van der Waals surface area contributed by atoms with E-state index >= 15 is 0 Å². The molecule has 5 heteroatoms. The van der Waals surface area contributed by atoms with E-state index in [0.29, 0.717) is 0 Å². The highest BCUT2D eigenvalue weighted by Crippen LogP contribution is 1.91. The summed E-state index contributed by atoms with van der Waals surface area (Å²) in [6.45, 7) is 1.73. The molecule has 0 unspecified atom stereocenters. The molecule has 2 aromatic rings. The summed E-state index contributed by atoms with van der Waals surface area (Å²) in [7, 11) is 0. The molecule has 0 bridgehead atoms. The maximum atomic E-state index is 4.14. The Hall–Kier alpha value is -1.62. The third-order valence-corrected chi connectivity index (χ3v) is 1.96. The third-order valence-electron chi connectivity index (χ3n) is 1.96. The van der Waals surface area contributed by atoms with Gasteiger partial charge >= 0.3 is 0 Å². The molecule has 0 aliphatic heterocycles. The minimum Gasteiger partial charge on any atom is -0.349 e. The predicted octanol–water partition coefficient (Wildman–Crippen LogP) is 0.465. The van der Waals surface area contributed by atoms with Crippen molar-refractivity contribution in [3.05, 3.63) is 36.4 Å². The van der Waals surface area contributed by atoms with E-state index < -0.39 is 0 Å². The van der Waals surface area contributed by atoms with Crippen LogP contribution >= 0.6 is 0 Å². The highest BCUT2D eigenvalue weighted by atomic mass is 14.9. The molecule has 0 aliphatic carbocycles. The molecule has 14 heavy (non-hydrogen) atoms. The van der Waals surface area contributed by atoms with Gasteiger partial charge in [-0.2, -0.15) is 0 Å². The lowest BCUT2D eigenvalue weighted by Gasteiger charge is -2.00. The van der Waals surface area contributed by atoms with Crippen LogP contribution in [-0.2, 0) is 13.0 Å². The van der Waals surface area contributed by atoms with Crippen LogP contribution in [0, 0.1) is 0 Å². The summed E-state index contributed by atoms with van der Waals surface area (Å²) >= 11 is 0. The van der Waals surface area contributed by atoms with Gasteiger partial charge in [-0.3, -0.25) is 0 Å². The van der Waals surface area contributed by atoms with Gasteiger partial charge in [-0.25, -0.2) is 9.97 Å². The third kappa shape index (κ3) is 2.43. The number of nitrogens with zero attached hydrogens (tertiary/aromatic N) is 2. The van der Waals surface area contributed by atoms with Gasteiger partial charge in [0.05, 0.1) is 6.33 Å². The Labute approximate surface area is 82.0 Å². The smallest absolute Gasteiger partial charge is 0.107 e. The second-order valence-corrected chi connectivity index (χ2v) is 3.04. The van der Waals surface area contributed by atoms with Gasteiger partial charge in [0.25, 0.3) is 0 Å². The van der Waals surface area contributed by atoms with Crippen LogP contribution in [-0.4, -0.2) is 26.5 Å². The highest BCUT2D eigenvalue weighted by molar-refractivity contribution is 4.93. The Bertz CT molecular complexity index is 301. The molecule has 2 rings (SSSR count). The van der Waals surface area contributed by atoms with Crippen LogP contribution in [0.5, 0.6) is 0 Å². The van der Waals surface area contributed by atoms with Crippen molar-refractivity contribution in [2.45, 2.75) is 13.0 Å². The molecule has 5 nitrogen and oxygen atoms in total. The number of hydrogen-bond donors (Lipinski definition) is 3. The number of rotatable bonds is 5. The van der Waals surface area contributed by atoms with Crippen LogP contribution < -0.4 is 5.32 Å². The minimum absolute atomic E-state index is 0.820. The first-order valence-electron chi connectivity index (χ1n) is 4.61. The zero-order valence-corrected chi connectivity index (χ0v) is 7.83. The zero-order valence-electron chi connectivity index (χ0n) is 7.83. The monoisotopic (exact) mass is 191 g/mol. The Morgan fingerprint density at radius 1 is 1.36 bits per heavy atom. The average Bonchev–Trinajstić information content (AvgIpc) is 2.86. The molecule has 2 aromatic heterocycles. The van der Waals surface area contributed by atoms with E-state index in [1.54, 1.807) is 12.5 Å². The molecule has 2 heterocycles. The molecule has 0 saturated carbocycles. The number of H-pyrrole nitrogens is 2. The van der Waals surface area contributed by atoms with E-state index in [0.717, 1.165) is 31.0 Å². The lowest BCUT2D eigenvalue weighted by molar-refractivity contribution is 0.665. The van der Waals surface area contributed by atoms with Crippen molar-refractivity contribution in [1.82, 2.24) is 25.3 Å². The van der Waals surface area contributed by atoms with Crippen molar-refractivity contribution >= 4 is 0 Å². The largest absolute Gasteiger partial charge is 0.349 e. The summed E-state index contributed by atoms with van der Waals surface area (Å²) in [5.74, 6) is 1.02. The lowest BCUT2D eigenvalue weighted by atomic mass is 10.4. The van der Waals surface area contributed by atoms with E-state index in [9.17, 15) is 0 Å². The lowest BCUT2D eigenvalue weighted by Crippen LogP contribution is -2.17. The maximum absolute atomic E-state index is 4.14. The van der Waals surface area contributed by atoms with Crippen LogP contribution in [0.25, 0.3) is 0 Å². The Kier molecular flexibility index (Phi) is 2.92. The second kappa shape index (κ2) is 4.57. The van der Waals surface area contributed by atoms with Gasteiger partial charge in [-0.1, -0.05) is 0 Å². The van der Waals surface area contributed by atoms with E-state index in [1.807, 2.05) is 12.4 Å². The van der Waals surface area contributed by atoms with Gasteiger partial charge in [-0.15, -0.1) is 0 Å². The summed E-state index contributed by atoms with van der Waals surface area (Å²) in [6, 6.07) is 0. The van der Waals surface area contributed by atoms with Gasteiger partial charge in [0.2, 0.25) is 0 Å². The number of aromatic amines is 2. The van der Waals surface area contributed by atoms with Gasteiger partial charge < -0.3 is 15.3 Å².